The van der Waals surface area contributed by atoms with Crippen molar-refractivity contribution in [3.05, 3.63) is 41.6 Å². The number of piperazine rings is 1. The molecule has 222 valence electrons. The number of rotatable bonds is 7. The molecule has 3 aromatic rings. The Bertz CT molecular complexity index is 1350. The highest BCUT2D eigenvalue weighted by Crippen LogP contribution is 2.35. The van der Waals surface area contributed by atoms with Crippen LogP contribution in [0.2, 0.25) is 0 Å². The number of likely N-dealkylation sites (N-methyl/N-ethyl adjacent to an activating group) is 1. The van der Waals surface area contributed by atoms with Crippen LogP contribution in [-0.2, 0) is 12.7 Å². The second-order valence-electron chi connectivity index (χ2n) is 10.7. The minimum absolute atomic E-state index is 0.0467. The summed E-state index contributed by atoms with van der Waals surface area (Å²) in [7, 11) is 3.25. The first kappa shape index (κ1) is 28.9. The van der Waals surface area contributed by atoms with Gasteiger partial charge < -0.3 is 24.8 Å². The molecular weight excluding hydrogens is 537 g/mol. The lowest BCUT2D eigenvalue weighted by Gasteiger charge is -2.37. The van der Waals surface area contributed by atoms with E-state index in [-0.39, 0.29) is 23.8 Å². The summed E-state index contributed by atoms with van der Waals surface area (Å²) in [6, 6.07) is 5.62. The predicted molar refractivity (Wildman–Crippen MR) is 151 cm³/mol. The fourth-order valence-corrected chi connectivity index (χ4v) is 5.65. The number of carbonyl (C=O) groups is 1. The molecule has 0 unspecified atom stereocenters. The first-order chi connectivity index (χ1) is 19.7. The monoisotopic (exact) mass is 574 g/mol. The molecule has 41 heavy (non-hydrogen) atoms. The van der Waals surface area contributed by atoms with Crippen molar-refractivity contribution in [3.8, 4) is 5.88 Å². The summed E-state index contributed by atoms with van der Waals surface area (Å²) in [6.07, 6.45) is -1.31. The molecule has 2 saturated heterocycles. The number of benzene rings is 1. The molecule has 2 aliphatic rings. The Hall–Kier alpha value is -3.58. The second-order valence-corrected chi connectivity index (χ2v) is 10.7. The number of methoxy groups -OCH3 is 1. The summed E-state index contributed by atoms with van der Waals surface area (Å²) in [4.78, 5) is 25.6. The van der Waals surface area contributed by atoms with Gasteiger partial charge in [-0.15, -0.1) is 5.10 Å². The molecule has 0 radical (unpaired) electrons. The molecule has 1 aromatic carbocycles. The van der Waals surface area contributed by atoms with Crippen LogP contribution in [0, 0.1) is 0 Å². The number of amides is 2. The van der Waals surface area contributed by atoms with Gasteiger partial charge in [-0.05, 0) is 43.1 Å². The van der Waals surface area contributed by atoms with Gasteiger partial charge in [0.2, 0.25) is 5.88 Å². The average molecular weight is 575 g/mol. The zero-order valence-corrected chi connectivity index (χ0v) is 23.7. The summed E-state index contributed by atoms with van der Waals surface area (Å²) in [5, 5.41) is 10.4. The van der Waals surface area contributed by atoms with Gasteiger partial charge in [0.25, 0.3) is 0 Å². The third kappa shape index (κ3) is 6.51. The zero-order valence-electron chi connectivity index (χ0n) is 23.7. The molecule has 2 aromatic heterocycles. The third-order valence-corrected chi connectivity index (χ3v) is 8.23. The Balaban J connectivity index is 1.19. The Morgan fingerprint density at radius 1 is 1.12 bits per heavy atom. The van der Waals surface area contributed by atoms with E-state index in [2.05, 4.69) is 42.1 Å². The van der Waals surface area contributed by atoms with Crippen LogP contribution >= 0.6 is 0 Å². The Labute approximate surface area is 237 Å². The van der Waals surface area contributed by atoms with Crippen LogP contribution < -0.4 is 15.0 Å². The molecule has 4 heterocycles. The lowest BCUT2D eigenvalue weighted by Crippen LogP contribution is -2.47. The van der Waals surface area contributed by atoms with E-state index < -0.39 is 17.8 Å². The quantitative estimate of drug-likeness (QED) is 0.436. The number of nitrogens with one attached hydrogen (secondary N) is 2. The molecule has 0 atom stereocenters. The van der Waals surface area contributed by atoms with Gasteiger partial charge in [-0.25, -0.2) is 9.78 Å². The molecule has 5 rings (SSSR count). The summed E-state index contributed by atoms with van der Waals surface area (Å²) < 4.78 is 47.3. The molecule has 2 fully saturated rings. The number of pyridine rings is 1. The number of hydrogen-bond acceptors (Lipinski definition) is 7. The van der Waals surface area contributed by atoms with Crippen molar-refractivity contribution >= 4 is 28.4 Å². The standard InChI is InChI=1S/C28H37F3N8O2/c1-4-37-11-13-38(14-12-37)18-19-5-6-20(15-24(19)28(29,30)31)33-27(40)36(2)21-7-9-39(10-8-21)22-16-23-25(32-17-22)34-35-26(23)41-3/h5-6,15-17,21H,4,7-14,18H2,1-3H3,(H,33,40)(H,32,34,35). The van der Waals surface area contributed by atoms with E-state index in [1.165, 1.54) is 6.07 Å². The van der Waals surface area contributed by atoms with Crippen LogP contribution in [-0.4, -0.2) is 102 Å². The van der Waals surface area contributed by atoms with Gasteiger partial charge in [0.1, 0.15) is 0 Å². The number of aromatic amines is 1. The van der Waals surface area contributed by atoms with E-state index in [1.54, 1.807) is 31.3 Å². The molecule has 0 aliphatic carbocycles. The molecule has 13 heteroatoms. The lowest BCUT2D eigenvalue weighted by atomic mass is 10.0. The minimum Gasteiger partial charge on any atom is -0.479 e. The summed E-state index contributed by atoms with van der Waals surface area (Å²) >= 11 is 0. The van der Waals surface area contributed by atoms with Gasteiger partial charge in [-0.3, -0.25) is 10.00 Å². The fraction of sp³-hybridized carbons (Fsp3) is 0.536. The Morgan fingerprint density at radius 2 is 1.83 bits per heavy atom. The minimum atomic E-state index is -4.52. The number of ether oxygens (including phenoxy) is 1. The first-order valence-corrected chi connectivity index (χ1v) is 14.0. The summed E-state index contributed by atoms with van der Waals surface area (Å²) in [5.74, 6) is 0.483. The number of anilines is 2. The maximum Gasteiger partial charge on any atom is 0.416 e. The van der Waals surface area contributed by atoms with Crippen molar-refractivity contribution in [2.45, 2.75) is 38.5 Å². The number of aromatic nitrogens is 3. The molecule has 0 spiro atoms. The van der Waals surface area contributed by atoms with E-state index in [1.807, 2.05) is 6.07 Å². The number of H-pyrrole nitrogens is 1. The van der Waals surface area contributed by atoms with Crippen LogP contribution in [0.3, 0.4) is 0 Å². The normalized spacial score (nSPS) is 17.7. The van der Waals surface area contributed by atoms with Gasteiger partial charge in [0.15, 0.2) is 5.65 Å². The van der Waals surface area contributed by atoms with E-state index in [0.29, 0.717) is 37.5 Å². The maximum absolute atomic E-state index is 14.0. The Kier molecular flexibility index (Phi) is 8.55. The van der Waals surface area contributed by atoms with Crippen molar-refractivity contribution in [2.24, 2.45) is 0 Å². The van der Waals surface area contributed by atoms with E-state index in [9.17, 15) is 18.0 Å². The molecular formula is C28H37F3N8O2. The van der Waals surface area contributed by atoms with E-state index in [0.717, 1.165) is 49.9 Å². The average Bonchev–Trinajstić information content (AvgIpc) is 3.40. The zero-order chi connectivity index (χ0) is 29.1. The molecule has 0 saturated carbocycles. The number of carbonyl (C=O) groups excluding carboxylic acids is 1. The van der Waals surface area contributed by atoms with Crippen LogP contribution in [0.4, 0.5) is 29.3 Å². The third-order valence-electron chi connectivity index (χ3n) is 8.23. The van der Waals surface area contributed by atoms with Crippen molar-refractivity contribution in [1.29, 1.82) is 0 Å². The van der Waals surface area contributed by atoms with E-state index in [4.69, 9.17) is 4.74 Å². The molecule has 2 aliphatic heterocycles. The van der Waals surface area contributed by atoms with Crippen molar-refractivity contribution in [2.75, 3.05) is 70.2 Å². The number of piperidine rings is 1. The number of urea groups is 1. The lowest BCUT2D eigenvalue weighted by molar-refractivity contribution is -0.138. The summed E-state index contributed by atoms with van der Waals surface area (Å²) in [6.45, 7) is 7.83. The predicted octanol–water partition coefficient (Wildman–Crippen LogP) is 4.26. The highest BCUT2D eigenvalue weighted by molar-refractivity contribution is 5.89. The number of nitrogens with zero attached hydrogens (tertiary/aromatic N) is 6. The number of hydrogen-bond donors (Lipinski definition) is 2. The van der Waals surface area contributed by atoms with E-state index >= 15 is 0 Å². The number of halogens is 3. The highest BCUT2D eigenvalue weighted by Gasteiger charge is 2.35. The smallest absolute Gasteiger partial charge is 0.416 e. The summed E-state index contributed by atoms with van der Waals surface area (Å²) in [5.41, 5.74) is 1.24. The highest BCUT2D eigenvalue weighted by atomic mass is 19.4. The Morgan fingerprint density at radius 3 is 2.49 bits per heavy atom. The SMILES string of the molecule is CCN1CCN(Cc2ccc(NC(=O)N(C)C3CCN(c4cnc5[nH]nc(OC)c5c4)CC3)cc2C(F)(F)F)CC1. The topological polar surface area (TPSA) is 92.9 Å². The molecule has 10 nitrogen and oxygen atoms in total. The van der Waals surface area contributed by atoms with Gasteiger partial charge in [-0.1, -0.05) is 13.0 Å². The largest absolute Gasteiger partial charge is 0.479 e. The van der Waals surface area contributed by atoms with Crippen LogP contribution in [0.25, 0.3) is 11.0 Å². The van der Waals surface area contributed by atoms with Gasteiger partial charge in [0, 0.05) is 64.6 Å². The van der Waals surface area contributed by atoms with Crippen LogP contribution in [0.15, 0.2) is 30.5 Å². The molecule has 2 N–H and O–H groups in total. The van der Waals surface area contributed by atoms with Gasteiger partial charge in [0.05, 0.1) is 29.9 Å². The first-order valence-electron chi connectivity index (χ1n) is 14.0. The van der Waals surface area contributed by atoms with Crippen LogP contribution in [0.1, 0.15) is 30.9 Å². The second kappa shape index (κ2) is 12.1. The molecule has 0 bridgehead atoms. The molecule has 2 amide bonds. The fourth-order valence-electron chi connectivity index (χ4n) is 5.65. The number of alkyl halides is 3. The van der Waals surface area contributed by atoms with Crippen molar-refractivity contribution in [1.82, 2.24) is 29.9 Å². The van der Waals surface area contributed by atoms with Gasteiger partial charge >= 0.3 is 12.2 Å². The van der Waals surface area contributed by atoms with Crippen molar-refractivity contribution in [3.63, 3.8) is 0 Å². The maximum atomic E-state index is 14.0. The van der Waals surface area contributed by atoms with Crippen molar-refractivity contribution < 1.29 is 22.7 Å². The van der Waals surface area contributed by atoms with Gasteiger partial charge in [-0.2, -0.15) is 13.2 Å². The van der Waals surface area contributed by atoms with Crippen LogP contribution in [0.5, 0.6) is 5.88 Å². The number of fused-ring (bicyclic) bond motifs is 1.